The molecule has 0 N–H and O–H groups in total. The molecule has 0 spiro atoms. The summed E-state index contributed by atoms with van der Waals surface area (Å²) in [5.41, 5.74) is 1.80. The molecule has 19 heavy (non-hydrogen) atoms. The van der Waals surface area contributed by atoms with E-state index in [0.717, 1.165) is 11.3 Å². The van der Waals surface area contributed by atoms with Gasteiger partial charge >= 0.3 is 5.97 Å². The van der Waals surface area contributed by atoms with E-state index in [0.29, 0.717) is 0 Å². The van der Waals surface area contributed by atoms with E-state index in [1.54, 1.807) is 13.8 Å². The SMILES string of the molecule is CC(C)OC(=O)C(C#N)=Cc1cccc(N(C)C)c1. The second kappa shape index (κ2) is 6.60. The quantitative estimate of drug-likeness (QED) is 0.473. The Balaban J connectivity index is 3.02. The van der Waals surface area contributed by atoms with Gasteiger partial charge in [0.1, 0.15) is 11.6 Å². The number of hydrogen-bond acceptors (Lipinski definition) is 4. The molecule has 0 saturated heterocycles. The fourth-order valence-corrected chi connectivity index (χ4v) is 1.47. The van der Waals surface area contributed by atoms with Crippen molar-refractivity contribution in [2.45, 2.75) is 20.0 Å². The van der Waals surface area contributed by atoms with Crippen molar-refractivity contribution in [2.75, 3.05) is 19.0 Å². The van der Waals surface area contributed by atoms with Crippen LogP contribution in [-0.2, 0) is 9.53 Å². The van der Waals surface area contributed by atoms with Gasteiger partial charge in [-0.05, 0) is 37.6 Å². The van der Waals surface area contributed by atoms with E-state index in [2.05, 4.69) is 0 Å². The highest BCUT2D eigenvalue weighted by Crippen LogP contribution is 2.16. The summed E-state index contributed by atoms with van der Waals surface area (Å²) in [6.07, 6.45) is 1.30. The Bertz CT molecular complexity index is 525. The molecule has 0 atom stereocenters. The van der Waals surface area contributed by atoms with E-state index in [4.69, 9.17) is 10.00 Å². The fourth-order valence-electron chi connectivity index (χ4n) is 1.47. The minimum atomic E-state index is -0.590. The summed E-state index contributed by atoms with van der Waals surface area (Å²) in [6.45, 7) is 3.50. The number of hydrogen-bond donors (Lipinski definition) is 0. The average Bonchev–Trinajstić information content (AvgIpc) is 2.35. The third kappa shape index (κ3) is 4.47. The van der Waals surface area contributed by atoms with Gasteiger partial charge in [-0.25, -0.2) is 4.79 Å². The maximum atomic E-state index is 11.7. The number of benzene rings is 1. The van der Waals surface area contributed by atoms with Crippen LogP contribution in [0.15, 0.2) is 29.8 Å². The van der Waals surface area contributed by atoms with Crippen molar-refractivity contribution in [3.8, 4) is 6.07 Å². The minimum absolute atomic E-state index is 0.00426. The van der Waals surface area contributed by atoms with E-state index in [9.17, 15) is 4.79 Å². The van der Waals surface area contributed by atoms with E-state index in [1.807, 2.05) is 49.3 Å². The van der Waals surface area contributed by atoms with Crippen LogP contribution < -0.4 is 4.90 Å². The third-order valence-electron chi connectivity index (χ3n) is 2.38. The molecule has 0 aliphatic rings. The minimum Gasteiger partial charge on any atom is -0.459 e. The molecule has 100 valence electrons. The highest BCUT2D eigenvalue weighted by molar-refractivity contribution is 5.98. The number of carbonyl (C=O) groups excluding carboxylic acids is 1. The van der Waals surface area contributed by atoms with Crippen molar-refractivity contribution in [3.63, 3.8) is 0 Å². The van der Waals surface area contributed by atoms with Gasteiger partial charge in [0.25, 0.3) is 0 Å². The van der Waals surface area contributed by atoms with Crippen molar-refractivity contribution >= 4 is 17.7 Å². The molecular weight excluding hydrogens is 240 g/mol. The number of esters is 1. The Morgan fingerprint density at radius 3 is 2.63 bits per heavy atom. The Morgan fingerprint density at radius 1 is 1.42 bits per heavy atom. The van der Waals surface area contributed by atoms with Gasteiger partial charge < -0.3 is 9.64 Å². The monoisotopic (exact) mass is 258 g/mol. The van der Waals surface area contributed by atoms with Gasteiger partial charge in [0.05, 0.1) is 6.10 Å². The molecule has 0 saturated carbocycles. The summed E-state index contributed by atoms with van der Waals surface area (Å²) >= 11 is 0. The van der Waals surface area contributed by atoms with Crippen LogP contribution in [0.3, 0.4) is 0 Å². The molecule has 0 radical (unpaired) electrons. The Hall–Kier alpha value is -2.28. The highest BCUT2D eigenvalue weighted by Gasteiger charge is 2.12. The van der Waals surface area contributed by atoms with Crippen LogP contribution in [0.4, 0.5) is 5.69 Å². The first-order valence-electron chi connectivity index (χ1n) is 6.04. The van der Waals surface area contributed by atoms with Crippen molar-refractivity contribution in [2.24, 2.45) is 0 Å². The standard InChI is InChI=1S/C15H18N2O2/c1-11(2)19-15(18)13(10-16)8-12-6-5-7-14(9-12)17(3)4/h5-9,11H,1-4H3. The van der Waals surface area contributed by atoms with E-state index < -0.39 is 5.97 Å². The smallest absolute Gasteiger partial charge is 0.349 e. The molecule has 0 heterocycles. The predicted octanol–water partition coefficient (Wildman–Crippen LogP) is 2.61. The predicted molar refractivity (Wildman–Crippen MR) is 75.6 cm³/mol. The van der Waals surface area contributed by atoms with Gasteiger partial charge in [-0.2, -0.15) is 5.26 Å². The maximum absolute atomic E-state index is 11.7. The molecule has 0 bridgehead atoms. The second-order valence-electron chi connectivity index (χ2n) is 4.61. The Kier molecular flexibility index (Phi) is 5.13. The average molecular weight is 258 g/mol. The van der Waals surface area contributed by atoms with Crippen LogP contribution in [0.1, 0.15) is 19.4 Å². The van der Waals surface area contributed by atoms with Gasteiger partial charge in [-0.3, -0.25) is 0 Å². The van der Waals surface area contributed by atoms with Gasteiger partial charge in [0, 0.05) is 19.8 Å². The molecule has 4 heteroatoms. The molecule has 0 aromatic heterocycles. The van der Waals surface area contributed by atoms with Crippen molar-refractivity contribution < 1.29 is 9.53 Å². The molecule has 0 fully saturated rings. The normalized spacial score (nSPS) is 11.1. The van der Waals surface area contributed by atoms with Gasteiger partial charge in [-0.15, -0.1) is 0 Å². The summed E-state index contributed by atoms with van der Waals surface area (Å²) in [7, 11) is 3.86. The summed E-state index contributed by atoms with van der Waals surface area (Å²) in [6, 6.07) is 9.45. The van der Waals surface area contributed by atoms with E-state index in [1.165, 1.54) is 6.08 Å². The van der Waals surface area contributed by atoms with Crippen LogP contribution in [-0.4, -0.2) is 26.2 Å². The first kappa shape index (κ1) is 14.8. The summed E-state index contributed by atoms with van der Waals surface area (Å²) in [5, 5.41) is 9.02. The molecule has 0 amide bonds. The maximum Gasteiger partial charge on any atom is 0.349 e. The number of rotatable bonds is 4. The molecule has 1 aromatic carbocycles. The lowest BCUT2D eigenvalue weighted by Crippen LogP contribution is -2.12. The van der Waals surface area contributed by atoms with Gasteiger partial charge in [0.15, 0.2) is 0 Å². The number of nitriles is 1. The highest BCUT2D eigenvalue weighted by atomic mass is 16.5. The van der Waals surface area contributed by atoms with Crippen LogP contribution in [0.5, 0.6) is 0 Å². The Labute approximate surface area is 113 Å². The number of carbonyl (C=O) groups is 1. The zero-order valence-electron chi connectivity index (χ0n) is 11.7. The van der Waals surface area contributed by atoms with Gasteiger partial charge in [0.2, 0.25) is 0 Å². The van der Waals surface area contributed by atoms with Gasteiger partial charge in [-0.1, -0.05) is 12.1 Å². The first-order valence-corrected chi connectivity index (χ1v) is 6.04. The number of nitrogens with zero attached hydrogens (tertiary/aromatic N) is 2. The summed E-state index contributed by atoms with van der Waals surface area (Å²) in [4.78, 5) is 13.6. The molecule has 1 rings (SSSR count). The lowest BCUT2D eigenvalue weighted by atomic mass is 10.1. The summed E-state index contributed by atoms with van der Waals surface area (Å²) < 4.78 is 5.01. The Morgan fingerprint density at radius 2 is 2.11 bits per heavy atom. The molecular formula is C15H18N2O2. The topological polar surface area (TPSA) is 53.3 Å². The van der Waals surface area contributed by atoms with Crippen LogP contribution >= 0.6 is 0 Å². The van der Waals surface area contributed by atoms with Crippen LogP contribution in [0, 0.1) is 11.3 Å². The van der Waals surface area contributed by atoms with Crippen molar-refractivity contribution in [1.29, 1.82) is 5.26 Å². The van der Waals surface area contributed by atoms with Crippen LogP contribution in [0.25, 0.3) is 6.08 Å². The van der Waals surface area contributed by atoms with Crippen molar-refractivity contribution in [3.05, 3.63) is 35.4 Å². The van der Waals surface area contributed by atoms with Crippen molar-refractivity contribution in [1.82, 2.24) is 0 Å². The van der Waals surface area contributed by atoms with E-state index >= 15 is 0 Å². The van der Waals surface area contributed by atoms with Crippen LogP contribution in [0.2, 0.25) is 0 Å². The lowest BCUT2D eigenvalue weighted by Gasteiger charge is -2.12. The molecule has 0 aliphatic carbocycles. The molecule has 0 unspecified atom stereocenters. The zero-order chi connectivity index (χ0) is 14.4. The third-order valence-corrected chi connectivity index (χ3v) is 2.38. The van der Waals surface area contributed by atoms with E-state index in [-0.39, 0.29) is 11.7 Å². The summed E-state index contributed by atoms with van der Waals surface area (Å²) in [5.74, 6) is -0.590. The fraction of sp³-hybridized carbons (Fsp3) is 0.333. The molecule has 4 nitrogen and oxygen atoms in total. The largest absolute Gasteiger partial charge is 0.459 e. The molecule has 1 aromatic rings. The second-order valence-corrected chi connectivity index (χ2v) is 4.61. The first-order chi connectivity index (χ1) is 8.93. The molecule has 0 aliphatic heterocycles. The number of ether oxygens (including phenoxy) is 1. The zero-order valence-corrected chi connectivity index (χ0v) is 11.7. The number of anilines is 1. The lowest BCUT2D eigenvalue weighted by molar-refractivity contribution is -0.142.